The molecular weight excluding hydrogens is 340 g/mol. The van der Waals surface area contributed by atoms with Gasteiger partial charge in [-0.05, 0) is 31.0 Å². The number of fused-ring (bicyclic) bond motifs is 1. The van der Waals surface area contributed by atoms with Crippen molar-refractivity contribution in [2.75, 3.05) is 18.0 Å². The van der Waals surface area contributed by atoms with Gasteiger partial charge in [-0.2, -0.15) is 0 Å². The standard InChI is InChI=1S/C22H26N2O3/c1-3-17(18-9-5-4-6-10-18)15-23-21(25)13-14-24-19-11-7-8-12-20(19)27-16(2)22(24)26/h4-12,16-17H,3,13-15H2,1-2H3,(H,23,25)/t16-,17-/m0/s1. The average Bonchev–Trinajstić information content (AvgIpc) is 2.69. The number of nitrogens with zero attached hydrogens (tertiary/aromatic N) is 1. The quantitative estimate of drug-likeness (QED) is 0.816. The molecule has 0 fully saturated rings. The lowest BCUT2D eigenvalue weighted by Gasteiger charge is -2.32. The number of benzene rings is 2. The van der Waals surface area contributed by atoms with Crippen molar-refractivity contribution in [3.8, 4) is 5.75 Å². The third-order valence-corrected chi connectivity index (χ3v) is 4.95. The van der Waals surface area contributed by atoms with E-state index < -0.39 is 6.10 Å². The Morgan fingerprint density at radius 1 is 1.15 bits per heavy atom. The maximum Gasteiger partial charge on any atom is 0.267 e. The van der Waals surface area contributed by atoms with Crippen molar-refractivity contribution in [3.05, 3.63) is 60.2 Å². The zero-order valence-electron chi connectivity index (χ0n) is 15.9. The molecule has 3 rings (SSSR count). The molecule has 1 N–H and O–H groups in total. The molecule has 142 valence electrons. The molecule has 0 spiro atoms. The predicted octanol–water partition coefficient (Wildman–Crippen LogP) is 3.50. The topological polar surface area (TPSA) is 58.6 Å². The van der Waals surface area contributed by atoms with Crippen LogP contribution in [0.5, 0.6) is 5.75 Å². The van der Waals surface area contributed by atoms with Gasteiger partial charge in [0.15, 0.2) is 6.10 Å². The van der Waals surface area contributed by atoms with Crippen LogP contribution in [0.4, 0.5) is 5.69 Å². The van der Waals surface area contributed by atoms with E-state index in [1.807, 2.05) is 42.5 Å². The van der Waals surface area contributed by atoms with Gasteiger partial charge in [0.2, 0.25) is 5.91 Å². The first-order chi connectivity index (χ1) is 13.1. The third kappa shape index (κ3) is 4.48. The lowest BCUT2D eigenvalue weighted by molar-refractivity contribution is -0.125. The largest absolute Gasteiger partial charge is 0.479 e. The molecule has 5 heteroatoms. The predicted molar refractivity (Wildman–Crippen MR) is 106 cm³/mol. The van der Waals surface area contributed by atoms with Crippen molar-refractivity contribution < 1.29 is 14.3 Å². The Morgan fingerprint density at radius 3 is 2.59 bits per heavy atom. The van der Waals surface area contributed by atoms with Gasteiger partial charge in [-0.25, -0.2) is 0 Å². The molecule has 5 nitrogen and oxygen atoms in total. The van der Waals surface area contributed by atoms with Crippen LogP contribution in [-0.4, -0.2) is 31.0 Å². The zero-order valence-corrected chi connectivity index (χ0v) is 15.9. The number of carbonyl (C=O) groups is 2. The second-order valence-corrected chi connectivity index (χ2v) is 6.79. The second kappa shape index (κ2) is 8.71. The van der Waals surface area contributed by atoms with Crippen molar-refractivity contribution in [2.45, 2.75) is 38.7 Å². The minimum absolute atomic E-state index is 0.0474. The number of hydrogen-bond donors (Lipinski definition) is 1. The van der Waals surface area contributed by atoms with E-state index in [4.69, 9.17) is 4.74 Å². The summed E-state index contributed by atoms with van der Waals surface area (Å²) in [5.74, 6) is 0.812. The SMILES string of the molecule is CC[C@@H](CNC(=O)CCN1C(=O)[C@H](C)Oc2ccccc21)c1ccccc1. The van der Waals surface area contributed by atoms with Crippen LogP contribution < -0.4 is 15.0 Å². The van der Waals surface area contributed by atoms with E-state index in [1.54, 1.807) is 11.8 Å². The molecule has 2 aromatic carbocycles. The number of hydrogen-bond acceptors (Lipinski definition) is 3. The first-order valence-corrected chi connectivity index (χ1v) is 9.48. The minimum Gasteiger partial charge on any atom is -0.479 e. The van der Waals surface area contributed by atoms with E-state index in [9.17, 15) is 9.59 Å². The summed E-state index contributed by atoms with van der Waals surface area (Å²) in [7, 11) is 0. The molecule has 2 atom stereocenters. The van der Waals surface area contributed by atoms with Gasteiger partial charge in [-0.15, -0.1) is 0 Å². The fraction of sp³-hybridized carbons (Fsp3) is 0.364. The monoisotopic (exact) mass is 366 g/mol. The van der Waals surface area contributed by atoms with Gasteiger partial charge < -0.3 is 15.0 Å². The number of rotatable bonds is 7. The summed E-state index contributed by atoms with van der Waals surface area (Å²) in [4.78, 5) is 26.5. The number of para-hydroxylation sites is 2. The van der Waals surface area contributed by atoms with Crippen LogP contribution in [-0.2, 0) is 9.59 Å². The highest BCUT2D eigenvalue weighted by molar-refractivity contribution is 6.00. The molecule has 0 saturated heterocycles. The van der Waals surface area contributed by atoms with E-state index in [-0.39, 0.29) is 18.2 Å². The average molecular weight is 366 g/mol. The summed E-state index contributed by atoms with van der Waals surface area (Å²) in [6.07, 6.45) is 0.681. The van der Waals surface area contributed by atoms with Gasteiger partial charge in [0.05, 0.1) is 5.69 Å². The molecular formula is C22H26N2O3. The highest BCUT2D eigenvalue weighted by Crippen LogP contribution is 2.33. The molecule has 27 heavy (non-hydrogen) atoms. The Balaban J connectivity index is 1.57. The molecule has 0 unspecified atom stereocenters. The fourth-order valence-corrected chi connectivity index (χ4v) is 3.35. The molecule has 1 aliphatic heterocycles. The number of nitrogens with one attached hydrogen (secondary N) is 1. The van der Waals surface area contributed by atoms with Crippen molar-refractivity contribution in [1.29, 1.82) is 0 Å². The molecule has 0 radical (unpaired) electrons. The van der Waals surface area contributed by atoms with Crippen LogP contribution in [0, 0.1) is 0 Å². The van der Waals surface area contributed by atoms with Gasteiger partial charge in [-0.3, -0.25) is 9.59 Å². The van der Waals surface area contributed by atoms with Crippen molar-refractivity contribution in [3.63, 3.8) is 0 Å². The number of carbonyl (C=O) groups excluding carboxylic acids is 2. The fourth-order valence-electron chi connectivity index (χ4n) is 3.35. The summed E-state index contributed by atoms with van der Waals surface area (Å²) in [5.41, 5.74) is 1.95. The molecule has 1 heterocycles. The van der Waals surface area contributed by atoms with Crippen LogP contribution in [0.15, 0.2) is 54.6 Å². The lowest BCUT2D eigenvalue weighted by atomic mass is 9.96. The molecule has 0 saturated carbocycles. The van der Waals surface area contributed by atoms with Crippen LogP contribution >= 0.6 is 0 Å². The van der Waals surface area contributed by atoms with E-state index >= 15 is 0 Å². The van der Waals surface area contributed by atoms with Gasteiger partial charge in [0.25, 0.3) is 5.91 Å². The lowest BCUT2D eigenvalue weighted by Crippen LogP contribution is -2.45. The first kappa shape index (κ1) is 19.0. The van der Waals surface area contributed by atoms with Gasteiger partial charge >= 0.3 is 0 Å². The summed E-state index contributed by atoms with van der Waals surface area (Å²) in [6.45, 7) is 4.80. The molecule has 2 aromatic rings. The number of amides is 2. The summed E-state index contributed by atoms with van der Waals surface area (Å²) < 4.78 is 5.63. The van der Waals surface area contributed by atoms with E-state index in [2.05, 4.69) is 24.4 Å². The molecule has 0 aromatic heterocycles. The Hall–Kier alpha value is -2.82. The van der Waals surface area contributed by atoms with Crippen LogP contribution in [0.2, 0.25) is 0 Å². The maximum atomic E-state index is 12.5. The molecule has 2 amide bonds. The third-order valence-electron chi connectivity index (χ3n) is 4.95. The summed E-state index contributed by atoms with van der Waals surface area (Å²) in [5, 5.41) is 3.01. The van der Waals surface area contributed by atoms with E-state index in [0.29, 0.717) is 24.8 Å². The zero-order chi connectivity index (χ0) is 19.2. The molecule has 1 aliphatic rings. The van der Waals surface area contributed by atoms with Gasteiger partial charge in [0.1, 0.15) is 5.75 Å². The second-order valence-electron chi connectivity index (χ2n) is 6.79. The van der Waals surface area contributed by atoms with Crippen LogP contribution in [0.25, 0.3) is 0 Å². The minimum atomic E-state index is -0.537. The molecule has 0 bridgehead atoms. The summed E-state index contributed by atoms with van der Waals surface area (Å²) in [6, 6.07) is 17.6. The Kier molecular flexibility index (Phi) is 6.12. The van der Waals surface area contributed by atoms with Gasteiger partial charge in [-0.1, -0.05) is 49.4 Å². The Labute approximate surface area is 160 Å². The molecule has 0 aliphatic carbocycles. The normalized spacial score (nSPS) is 17.0. The Bertz CT molecular complexity index is 791. The smallest absolute Gasteiger partial charge is 0.267 e. The highest BCUT2D eigenvalue weighted by Gasteiger charge is 2.31. The van der Waals surface area contributed by atoms with Crippen molar-refractivity contribution >= 4 is 17.5 Å². The van der Waals surface area contributed by atoms with Gasteiger partial charge in [0, 0.05) is 25.4 Å². The highest BCUT2D eigenvalue weighted by atomic mass is 16.5. The summed E-state index contributed by atoms with van der Waals surface area (Å²) >= 11 is 0. The van der Waals surface area contributed by atoms with Crippen molar-refractivity contribution in [1.82, 2.24) is 5.32 Å². The van der Waals surface area contributed by atoms with E-state index in [1.165, 1.54) is 5.56 Å². The van der Waals surface area contributed by atoms with Crippen LogP contribution in [0.3, 0.4) is 0 Å². The van der Waals surface area contributed by atoms with Crippen LogP contribution in [0.1, 0.15) is 38.2 Å². The first-order valence-electron chi connectivity index (χ1n) is 9.48. The number of anilines is 1. The Morgan fingerprint density at radius 2 is 1.85 bits per heavy atom. The van der Waals surface area contributed by atoms with Crippen molar-refractivity contribution in [2.24, 2.45) is 0 Å². The maximum absolute atomic E-state index is 12.5. The van der Waals surface area contributed by atoms with E-state index in [0.717, 1.165) is 12.1 Å². The number of ether oxygens (including phenoxy) is 1.